The van der Waals surface area contributed by atoms with E-state index in [2.05, 4.69) is 13.8 Å². The van der Waals surface area contributed by atoms with Gasteiger partial charge in [-0.05, 0) is 58.1 Å². The molecule has 0 bridgehead atoms. The van der Waals surface area contributed by atoms with Gasteiger partial charge in [0.25, 0.3) is 5.56 Å². The van der Waals surface area contributed by atoms with Gasteiger partial charge in [0.1, 0.15) is 0 Å². The number of carbonyl (C=O) groups excluding carboxylic acids is 1. The fraction of sp³-hybridized carbons (Fsp3) is 0.591. The van der Waals surface area contributed by atoms with Gasteiger partial charge in [0.05, 0.1) is 16.7 Å². The maximum absolute atomic E-state index is 13.2. The maximum atomic E-state index is 13.2. The van der Waals surface area contributed by atoms with Gasteiger partial charge in [-0.1, -0.05) is 36.7 Å². The number of piperidine rings is 1. The fourth-order valence-corrected chi connectivity index (χ4v) is 5.76. The minimum atomic E-state index is 0.0344. The van der Waals surface area contributed by atoms with E-state index in [-0.39, 0.29) is 17.5 Å². The molecule has 6 heteroatoms. The van der Waals surface area contributed by atoms with Crippen LogP contribution < -0.4 is 5.56 Å². The Balaban J connectivity index is 1.63. The highest BCUT2D eigenvalue weighted by molar-refractivity contribution is 7.99. The summed E-state index contributed by atoms with van der Waals surface area (Å²) in [4.78, 5) is 33.0. The van der Waals surface area contributed by atoms with Crippen molar-refractivity contribution in [2.75, 3.05) is 5.75 Å². The molecule has 1 aromatic heterocycles. The van der Waals surface area contributed by atoms with Crippen LogP contribution in [0.25, 0.3) is 10.9 Å². The Bertz CT molecular complexity index is 910. The summed E-state index contributed by atoms with van der Waals surface area (Å²) in [7, 11) is 0. The maximum Gasteiger partial charge on any atom is 0.262 e. The van der Waals surface area contributed by atoms with Crippen molar-refractivity contribution in [2.45, 2.75) is 82.1 Å². The number of carbonyl (C=O) groups is 1. The molecule has 0 N–H and O–H groups in total. The SMILES string of the molecule is C[C@@H]1CCC[C@H](C)N1C(=O)CSc1nc2ccccc2c(=O)n1C1CCCC1. The van der Waals surface area contributed by atoms with Crippen LogP contribution in [0.3, 0.4) is 0 Å². The summed E-state index contributed by atoms with van der Waals surface area (Å²) in [5.41, 5.74) is 0.753. The van der Waals surface area contributed by atoms with Gasteiger partial charge in [0.15, 0.2) is 5.16 Å². The number of para-hydroxylation sites is 1. The highest BCUT2D eigenvalue weighted by Gasteiger charge is 2.29. The van der Waals surface area contributed by atoms with Crippen LogP contribution >= 0.6 is 11.8 Å². The first-order valence-corrected chi connectivity index (χ1v) is 11.5. The molecule has 1 amide bonds. The minimum Gasteiger partial charge on any atom is -0.337 e. The average Bonchev–Trinajstić information content (AvgIpc) is 3.20. The smallest absolute Gasteiger partial charge is 0.262 e. The van der Waals surface area contributed by atoms with Gasteiger partial charge >= 0.3 is 0 Å². The molecule has 2 atom stereocenters. The lowest BCUT2D eigenvalue weighted by molar-refractivity contribution is -0.134. The zero-order valence-corrected chi connectivity index (χ0v) is 17.6. The fourth-order valence-electron chi connectivity index (χ4n) is 4.83. The molecule has 0 radical (unpaired) electrons. The van der Waals surface area contributed by atoms with Crippen LogP contribution in [0, 0.1) is 0 Å². The molecule has 4 rings (SSSR count). The zero-order chi connectivity index (χ0) is 19.7. The number of aromatic nitrogens is 2. The predicted octanol–water partition coefficient (Wildman–Crippen LogP) is 4.39. The second-order valence-corrected chi connectivity index (χ2v) is 9.19. The third kappa shape index (κ3) is 3.71. The Morgan fingerprint density at radius 3 is 2.46 bits per heavy atom. The first kappa shape index (κ1) is 19.5. The molecule has 1 saturated carbocycles. The molecular formula is C22H29N3O2S. The van der Waals surface area contributed by atoms with E-state index >= 15 is 0 Å². The van der Waals surface area contributed by atoms with Crippen molar-refractivity contribution in [1.29, 1.82) is 0 Å². The van der Waals surface area contributed by atoms with Crippen molar-refractivity contribution >= 4 is 28.6 Å². The molecule has 150 valence electrons. The van der Waals surface area contributed by atoms with Crippen LogP contribution in [0.15, 0.2) is 34.2 Å². The lowest BCUT2D eigenvalue weighted by Gasteiger charge is -2.39. The van der Waals surface area contributed by atoms with Crippen LogP contribution in [0.4, 0.5) is 0 Å². The summed E-state index contributed by atoms with van der Waals surface area (Å²) in [5.74, 6) is 0.497. The van der Waals surface area contributed by atoms with Crippen LogP contribution in [0.5, 0.6) is 0 Å². The number of hydrogen-bond donors (Lipinski definition) is 0. The molecule has 5 nitrogen and oxygen atoms in total. The van der Waals surface area contributed by atoms with E-state index in [1.54, 1.807) is 0 Å². The first-order chi connectivity index (χ1) is 13.6. The minimum absolute atomic E-state index is 0.0344. The number of amides is 1. The summed E-state index contributed by atoms with van der Waals surface area (Å²) in [6, 6.07) is 8.32. The quantitative estimate of drug-likeness (QED) is 0.565. The van der Waals surface area contributed by atoms with Crippen LogP contribution in [0.1, 0.15) is 64.8 Å². The third-order valence-electron chi connectivity index (χ3n) is 6.27. The number of fused-ring (bicyclic) bond motifs is 1. The van der Waals surface area contributed by atoms with E-state index in [9.17, 15) is 9.59 Å². The topological polar surface area (TPSA) is 55.2 Å². The molecule has 1 aliphatic carbocycles. The highest BCUT2D eigenvalue weighted by Crippen LogP contribution is 2.32. The Kier molecular flexibility index (Phi) is 5.76. The van der Waals surface area contributed by atoms with Crippen LogP contribution in [-0.2, 0) is 4.79 Å². The molecule has 28 heavy (non-hydrogen) atoms. The normalized spacial score (nSPS) is 23.4. The number of thioether (sulfide) groups is 1. The Morgan fingerprint density at radius 2 is 1.75 bits per heavy atom. The highest BCUT2D eigenvalue weighted by atomic mass is 32.2. The summed E-state index contributed by atoms with van der Waals surface area (Å²) in [6.07, 6.45) is 7.66. The van der Waals surface area contributed by atoms with Crippen LogP contribution in [-0.4, -0.2) is 38.2 Å². The lowest BCUT2D eigenvalue weighted by atomic mass is 9.98. The Labute approximate surface area is 170 Å². The lowest BCUT2D eigenvalue weighted by Crippen LogP contribution is -2.48. The molecule has 1 saturated heterocycles. The molecule has 1 aliphatic heterocycles. The van der Waals surface area contributed by atoms with Crippen molar-refractivity contribution in [3.8, 4) is 0 Å². The van der Waals surface area contributed by atoms with E-state index < -0.39 is 0 Å². The summed E-state index contributed by atoms with van der Waals surface area (Å²) < 4.78 is 1.87. The van der Waals surface area contributed by atoms with Crippen molar-refractivity contribution in [1.82, 2.24) is 14.5 Å². The number of nitrogens with zero attached hydrogens (tertiary/aromatic N) is 3. The molecule has 2 fully saturated rings. The Hall–Kier alpha value is -1.82. The average molecular weight is 400 g/mol. The second-order valence-electron chi connectivity index (χ2n) is 8.24. The zero-order valence-electron chi connectivity index (χ0n) is 16.8. The number of benzene rings is 1. The van der Waals surface area contributed by atoms with Gasteiger partial charge in [-0.2, -0.15) is 0 Å². The van der Waals surface area contributed by atoms with E-state index in [1.165, 1.54) is 18.2 Å². The Morgan fingerprint density at radius 1 is 1.07 bits per heavy atom. The summed E-state index contributed by atoms with van der Waals surface area (Å²) >= 11 is 1.43. The molecule has 2 aromatic rings. The van der Waals surface area contributed by atoms with Crippen molar-refractivity contribution in [3.63, 3.8) is 0 Å². The molecule has 1 aromatic carbocycles. The van der Waals surface area contributed by atoms with E-state index in [1.807, 2.05) is 33.7 Å². The van der Waals surface area contributed by atoms with Crippen molar-refractivity contribution in [2.24, 2.45) is 0 Å². The van der Waals surface area contributed by atoms with Gasteiger partial charge in [0, 0.05) is 18.1 Å². The molecular weight excluding hydrogens is 370 g/mol. The first-order valence-electron chi connectivity index (χ1n) is 10.5. The van der Waals surface area contributed by atoms with Crippen LogP contribution in [0.2, 0.25) is 0 Å². The standard InChI is InChI=1S/C22H29N3O2S/c1-15-8-7-9-16(2)24(15)20(26)14-28-22-23-19-13-6-5-12-18(19)21(27)25(22)17-10-3-4-11-17/h5-6,12-13,15-17H,3-4,7-11,14H2,1-2H3/t15-,16+. The van der Waals surface area contributed by atoms with Crippen molar-refractivity contribution < 1.29 is 4.79 Å². The van der Waals surface area contributed by atoms with Gasteiger partial charge < -0.3 is 4.90 Å². The van der Waals surface area contributed by atoms with Gasteiger partial charge in [0.2, 0.25) is 5.91 Å². The summed E-state index contributed by atoms with van der Waals surface area (Å²) in [6.45, 7) is 4.28. The van der Waals surface area contributed by atoms with Gasteiger partial charge in [-0.25, -0.2) is 4.98 Å². The molecule has 2 aliphatic rings. The predicted molar refractivity (Wildman–Crippen MR) is 114 cm³/mol. The van der Waals surface area contributed by atoms with Gasteiger partial charge in [-0.3, -0.25) is 14.2 Å². The largest absolute Gasteiger partial charge is 0.337 e. The van der Waals surface area contributed by atoms with E-state index in [0.29, 0.717) is 28.4 Å². The van der Waals surface area contributed by atoms with E-state index in [0.717, 1.165) is 44.0 Å². The number of rotatable bonds is 4. The molecule has 0 unspecified atom stereocenters. The molecule has 2 heterocycles. The number of likely N-dealkylation sites (tertiary alicyclic amines) is 1. The summed E-state index contributed by atoms with van der Waals surface area (Å²) in [5, 5.41) is 1.37. The third-order valence-corrected chi connectivity index (χ3v) is 7.21. The second kappa shape index (κ2) is 8.27. The monoisotopic (exact) mass is 399 g/mol. The number of hydrogen-bond acceptors (Lipinski definition) is 4. The van der Waals surface area contributed by atoms with Gasteiger partial charge in [-0.15, -0.1) is 0 Å². The van der Waals surface area contributed by atoms with E-state index in [4.69, 9.17) is 4.98 Å². The van der Waals surface area contributed by atoms with Crippen molar-refractivity contribution in [3.05, 3.63) is 34.6 Å². The molecule has 0 spiro atoms.